The first-order valence-corrected chi connectivity index (χ1v) is 7.46. The predicted molar refractivity (Wildman–Crippen MR) is 88.2 cm³/mol. The van der Waals surface area contributed by atoms with E-state index in [1.807, 2.05) is 18.2 Å². The highest BCUT2D eigenvalue weighted by molar-refractivity contribution is 5.69. The number of hydrogen-bond donors (Lipinski definition) is 1. The molecule has 0 bridgehead atoms. The predicted octanol–water partition coefficient (Wildman–Crippen LogP) is -0.126. The molecule has 1 aromatic carbocycles. The molecule has 0 saturated carbocycles. The van der Waals surface area contributed by atoms with Crippen molar-refractivity contribution in [3.8, 4) is 5.75 Å². The lowest BCUT2D eigenvalue weighted by atomic mass is 10.3. The first-order chi connectivity index (χ1) is 11.5. The molecular weight excluding hydrogens is 312 g/mol. The summed E-state index contributed by atoms with van der Waals surface area (Å²) >= 11 is 0. The molecule has 1 N–H and O–H groups in total. The summed E-state index contributed by atoms with van der Waals surface area (Å²) in [6, 6.07) is 9.15. The van der Waals surface area contributed by atoms with Crippen molar-refractivity contribution in [2.45, 2.75) is 12.6 Å². The zero-order valence-corrected chi connectivity index (χ0v) is 13.4. The molecule has 8 heteroatoms. The molecule has 0 aliphatic rings. The van der Waals surface area contributed by atoms with Crippen molar-refractivity contribution in [3.05, 3.63) is 57.5 Å². The maximum atomic E-state index is 12.3. The number of aromatic nitrogens is 4. The highest BCUT2D eigenvalue weighted by Crippen LogP contribution is 2.10. The Balaban J connectivity index is 1.83. The van der Waals surface area contributed by atoms with Gasteiger partial charge in [-0.1, -0.05) is 18.2 Å². The number of aliphatic hydroxyl groups excluding tert-OH is 1. The second-order valence-electron chi connectivity index (χ2n) is 5.55. The zero-order chi connectivity index (χ0) is 17.3. The van der Waals surface area contributed by atoms with E-state index in [-0.39, 0.29) is 18.7 Å². The van der Waals surface area contributed by atoms with Crippen molar-refractivity contribution >= 4 is 11.2 Å². The summed E-state index contributed by atoms with van der Waals surface area (Å²) in [6.07, 6.45) is 0.613. The van der Waals surface area contributed by atoms with E-state index in [1.165, 1.54) is 22.5 Å². The van der Waals surface area contributed by atoms with Gasteiger partial charge in [-0.3, -0.25) is 13.9 Å². The maximum absolute atomic E-state index is 12.3. The normalized spacial score (nSPS) is 12.5. The average molecular weight is 330 g/mol. The van der Waals surface area contributed by atoms with E-state index in [1.54, 1.807) is 19.2 Å². The SMILES string of the molecule is Cn1c(=O)c2c(ncn2C[C@H](O)COc2ccccc2)n(C)c1=O. The quantitative estimate of drug-likeness (QED) is 0.704. The molecule has 0 saturated heterocycles. The molecule has 0 fully saturated rings. The van der Waals surface area contributed by atoms with Crippen LogP contribution < -0.4 is 16.0 Å². The van der Waals surface area contributed by atoms with Gasteiger partial charge in [0.1, 0.15) is 18.5 Å². The van der Waals surface area contributed by atoms with Crippen LogP contribution in [-0.2, 0) is 20.6 Å². The minimum absolute atomic E-state index is 0.0791. The number of aliphatic hydroxyl groups is 1. The van der Waals surface area contributed by atoms with Crippen LogP contribution in [0, 0.1) is 0 Å². The molecule has 1 atom stereocenters. The number of hydrogen-bond acceptors (Lipinski definition) is 5. The van der Waals surface area contributed by atoms with E-state index in [0.29, 0.717) is 11.4 Å². The molecule has 0 aliphatic heterocycles. The summed E-state index contributed by atoms with van der Waals surface area (Å²) in [5.74, 6) is 0.658. The molecule has 0 radical (unpaired) electrons. The van der Waals surface area contributed by atoms with Gasteiger partial charge in [-0.2, -0.15) is 0 Å². The topological polar surface area (TPSA) is 91.3 Å². The fraction of sp³-hybridized carbons (Fsp3) is 0.312. The van der Waals surface area contributed by atoms with Crippen LogP contribution in [0.3, 0.4) is 0 Å². The van der Waals surface area contributed by atoms with Crippen molar-refractivity contribution in [1.29, 1.82) is 0 Å². The Morgan fingerprint density at radius 1 is 1.17 bits per heavy atom. The molecule has 0 amide bonds. The Hall–Kier alpha value is -2.87. The molecule has 3 rings (SSSR count). The number of rotatable bonds is 5. The number of ether oxygens (including phenoxy) is 1. The molecule has 3 aromatic rings. The van der Waals surface area contributed by atoms with Crippen molar-refractivity contribution in [1.82, 2.24) is 18.7 Å². The lowest BCUT2D eigenvalue weighted by Crippen LogP contribution is -2.38. The van der Waals surface area contributed by atoms with E-state index in [9.17, 15) is 14.7 Å². The van der Waals surface area contributed by atoms with Gasteiger partial charge in [0.05, 0.1) is 12.9 Å². The first kappa shape index (κ1) is 16.0. The Morgan fingerprint density at radius 3 is 2.58 bits per heavy atom. The summed E-state index contributed by atoms with van der Waals surface area (Å²) in [4.78, 5) is 28.3. The summed E-state index contributed by atoms with van der Waals surface area (Å²) in [6.45, 7) is 0.215. The number of aryl methyl sites for hydroxylation is 1. The third-order valence-corrected chi connectivity index (χ3v) is 3.81. The largest absolute Gasteiger partial charge is 0.491 e. The van der Waals surface area contributed by atoms with Crippen LogP contribution in [-0.4, -0.2) is 36.5 Å². The highest BCUT2D eigenvalue weighted by atomic mass is 16.5. The Kier molecular flexibility index (Phi) is 4.22. The van der Waals surface area contributed by atoms with Gasteiger partial charge >= 0.3 is 5.69 Å². The number of nitrogens with zero attached hydrogens (tertiary/aromatic N) is 4. The van der Waals surface area contributed by atoms with Crippen LogP contribution in [0.1, 0.15) is 0 Å². The third kappa shape index (κ3) is 2.83. The van der Waals surface area contributed by atoms with Gasteiger partial charge < -0.3 is 14.4 Å². The van der Waals surface area contributed by atoms with Crippen molar-refractivity contribution < 1.29 is 9.84 Å². The maximum Gasteiger partial charge on any atom is 0.332 e. The molecule has 126 valence electrons. The lowest BCUT2D eigenvalue weighted by molar-refractivity contribution is 0.0933. The summed E-state index contributed by atoms with van der Waals surface area (Å²) in [7, 11) is 2.97. The summed E-state index contributed by atoms with van der Waals surface area (Å²) < 4.78 is 9.37. The van der Waals surface area contributed by atoms with E-state index in [4.69, 9.17) is 4.74 Å². The van der Waals surface area contributed by atoms with Crippen molar-refractivity contribution in [2.75, 3.05) is 6.61 Å². The minimum atomic E-state index is -0.829. The monoisotopic (exact) mass is 330 g/mol. The molecule has 2 aromatic heterocycles. The second kappa shape index (κ2) is 6.32. The van der Waals surface area contributed by atoms with Gasteiger partial charge in [0, 0.05) is 14.1 Å². The average Bonchev–Trinajstić information content (AvgIpc) is 3.01. The number of benzene rings is 1. The fourth-order valence-electron chi connectivity index (χ4n) is 2.52. The fourth-order valence-corrected chi connectivity index (χ4v) is 2.52. The van der Waals surface area contributed by atoms with Gasteiger partial charge in [0.2, 0.25) is 0 Å². The zero-order valence-electron chi connectivity index (χ0n) is 13.4. The number of para-hydroxylation sites is 1. The number of fused-ring (bicyclic) bond motifs is 1. The molecule has 0 aliphatic carbocycles. The number of imidazole rings is 1. The van der Waals surface area contributed by atoms with E-state index >= 15 is 0 Å². The van der Waals surface area contributed by atoms with Crippen LogP contribution in [0.15, 0.2) is 46.2 Å². The smallest absolute Gasteiger partial charge is 0.332 e. The van der Waals surface area contributed by atoms with Crippen molar-refractivity contribution in [2.24, 2.45) is 14.1 Å². The summed E-state index contributed by atoms with van der Waals surface area (Å²) in [5.41, 5.74) is -0.315. The van der Waals surface area contributed by atoms with Crippen LogP contribution in [0.4, 0.5) is 0 Å². The van der Waals surface area contributed by atoms with E-state index < -0.39 is 17.4 Å². The molecular formula is C16H18N4O4. The molecule has 2 heterocycles. The van der Waals surface area contributed by atoms with E-state index in [0.717, 1.165) is 4.57 Å². The highest BCUT2D eigenvalue weighted by Gasteiger charge is 2.16. The first-order valence-electron chi connectivity index (χ1n) is 7.46. The van der Waals surface area contributed by atoms with Gasteiger partial charge in [-0.05, 0) is 12.1 Å². The molecule has 24 heavy (non-hydrogen) atoms. The van der Waals surface area contributed by atoms with Crippen molar-refractivity contribution in [3.63, 3.8) is 0 Å². The molecule has 8 nitrogen and oxygen atoms in total. The minimum Gasteiger partial charge on any atom is -0.491 e. The van der Waals surface area contributed by atoms with Crippen LogP contribution in [0.2, 0.25) is 0 Å². The Morgan fingerprint density at radius 2 is 1.88 bits per heavy atom. The Labute approximate surface area is 137 Å². The van der Waals surface area contributed by atoms with Crippen LogP contribution >= 0.6 is 0 Å². The standard InChI is InChI=1S/C16H18N4O4/c1-18-14-13(15(22)19(2)16(18)23)20(10-17-14)8-11(21)9-24-12-6-4-3-5-7-12/h3-7,10-11,21H,8-9H2,1-2H3/t11-/m0/s1. The third-order valence-electron chi connectivity index (χ3n) is 3.81. The van der Waals surface area contributed by atoms with Crippen LogP contribution in [0.25, 0.3) is 11.2 Å². The van der Waals surface area contributed by atoms with Crippen LogP contribution in [0.5, 0.6) is 5.75 Å². The molecule has 0 spiro atoms. The van der Waals surface area contributed by atoms with Gasteiger partial charge in [-0.15, -0.1) is 0 Å². The summed E-state index contributed by atoms with van der Waals surface area (Å²) in [5, 5.41) is 10.2. The lowest BCUT2D eigenvalue weighted by Gasteiger charge is -2.13. The van der Waals surface area contributed by atoms with Gasteiger partial charge in [-0.25, -0.2) is 9.78 Å². The van der Waals surface area contributed by atoms with Gasteiger partial charge in [0.15, 0.2) is 11.2 Å². The van der Waals surface area contributed by atoms with Gasteiger partial charge in [0.25, 0.3) is 5.56 Å². The second-order valence-corrected chi connectivity index (χ2v) is 5.55. The Bertz CT molecular complexity index is 971. The molecule has 0 unspecified atom stereocenters. The van der Waals surface area contributed by atoms with E-state index in [2.05, 4.69) is 4.98 Å².